The number of piperazine rings is 1. The number of nitrogens with one attached hydrogen (secondary N) is 2. The number of likely N-dealkylation sites (tertiary alicyclic amines) is 1. The number of hydrogen-bond acceptors (Lipinski definition) is 6. The molecule has 0 saturated carbocycles. The number of nitrogens with zero attached hydrogens (tertiary/aromatic N) is 4. The Labute approximate surface area is 282 Å². The summed E-state index contributed by atoms with van der Waals surface area (Å²) < 4.78 is 46.8. The van der Waals surface area contributed by atoms with Gasteiger partial charge in [-0.15, -0.1) is 0 Å². The summed E-state index contributed by atoms with van der Waals surface area (Å²) in [6.45, 7) is 4.73. The van der Waals surface area contributed by atoms with E-state index < -0.39 is 29.5 Å². The summed E-state index contributed by atoms with van der Waals surface area (Å²) in [4.78, 5) is 47.9. The summed E-state index contributed by atoms with van der Waals surface area (Å²) in [6.07, 6.45) is -2.21. The van der Waals surface area contributed by atoms with E-state index in [0.717, 1.165) is 23.7 Å². The van der Waals surface area contributed by atoms with E-state index in [-0.39, 0.29) is 35.0 Å². The van der Waals surface area contributed by atoms with Gasteiger partial charge in [-0.1, -0.05) is 29.8 Å². The number of ether oxygens (including phenoxy) is 1. The van der Waals surface area contributed by atoms with E-state index in [0.29, 0.717) is 84.3 Å². The van der Waals surface area contributed by atoms with Crippen molar-refractivity contribution in [1.82, 2.24) is 24.9 Å². The van der Waals surface area contributed by atoms with Crippen molar-refractivity contribution < 1.29 is 32.3 Å². The molecule has 2 aromatic rings. The number of anilines is 2. The number of nitrogen functional groups attached to an aromatic ring is 1. The molecule has 5 amide bonds. The van der Waals surface area contributed by atoms with Crippen LogP contribution in [0.2, 0.25) is 5.02 Å². The molecule has 6 rings (SSSR count). The Morgan fingerprint density at radius 1 is 1.00 bits per heavy atom. The molecule has 0 radical (unpaired) electrons. The van der Waals surface area contributed by atoms with E-state index in [1.807, 2.05) is 29.2 Å². The third-order valence-electron chi connectivity index (χ3n) is 9.91. The van der Waals surface area contributed by atoms with Crippen LogP contribution in [0.1, 0.15) is 36.0 Å². The van der Waals surface area contributed by atoms with E-state index >= 15 is 0 Å². The SMILES string of the molecule is Nc1c(Cl)cc(C[C@@H](NC(=O)N2CCC(N3CCc4ccccc4NC3=O)CC2)C(=O)N2CCN(C3CCOC3)CC2)cc1C(F)(F)F. The molecule has 3 saturated heterocycles. The number of para-hydroxylation sites is 1. The Kier molecular flexibility index (Phi) is 10.2. The fraction of sp³-hybridized carbons (Fsp3) is 0.545. The van der Waals surface area contributed by atoms with Crippen LogP contribution in [-0.4, -0.2) is 115 Å². The van der Waals surface area contributed by atoms with Crippen LogP contribution in [0.5, 0.6) is 0 Å². The Balaban J connectivity index is 1.12. The van der Waals surface area contributed by atoms with Crippen LogP contribution in [0.15, 0.2) is 36.4 Å². The number of rotatable bonds is 6. The second-order valence-electron chi connectivity index (χ2n) is 12.9. The first kappa shape index (κ1) is 34.1. The van der Waals surface area contributed by atoms with Gasteiger partial charge in [0.25, 0.3) is 0 Å². The van der Waals surface area contributed by atoms with Crippen LogP contribution in [0, 0.1) is 0 Å². The lowest BCUT2D eigenvalue weighted by Crippen LogP contribution is -2.59. The number of alkyl halides is 3. The third-order valence-corrected chi connectivity index (χ3v) is 10.2. The van der Waals surface area contributed by atoms with Crippen LogP contribution in [0.4, 0.5) is 34.1 Å². The number of hydrogen-bond donors (Lipinski definition) is 3. The minimum absolute atomic E-state index is 0.0694. The molecule has 0 aliphatic carbocycles. The average Bonchev–Trinajstić information content (AvgIpc) is 3.56. The third kappa shape index (κ3) is 7.60. The second-order valence-corrected chi connectivity index (χ2v) is 13.3. The van der Waals surface area contributed by atoms with Gasteiger partial charge in [0.2, 0.25) is 5.91 Å². The van der Waals surface area contributed by atoms with Gasteiger partial charge in [0.1, 0.15) is 6.04 Å². The molecular formula is C33H41ClF3N7O4. The first-order valence-corrected chi connectivity index (χ1v) is 16.8. The molecule has 1 unspecified atom stereocenters. The number of fused-ring (bicyclic) bond motifs is 1. The fourth-order valence-corrected chi connectivity index (χ4v) is 7.40. The number of carbonyl (C=O) groups is 3. The summed E-state index contributed by atoms with van der Waals surface area (Å²) in [6, 6.07) is 8.35. The van der Waals surface area contributed by atoms with E-state index in [1.54, 1.807) is 9.80 Å². The highest BCUT2D eigenvalue weighted by Crippen LogP contribution is 2.38. The summed E-state index contributed by atoms with van der Waals surface area (Å²) in [5.74, 6) is -0.372. The van der Waals surface area contributed by atoms with E-state index in [2.05, 4.69) is 15.5 Å². The standard InChI is InChI=1S/C33H41ClF3N7O4/c34-26-18-21(17-25(29(26)38)33(35,36)37)19-28(30(45)42-14-12-41(13-15-42)24-8-16-48-20-24)40-31(46)43-9-6-23(7-10-43)44-11-5-22-3-1-2-4-27(22)39-32(44)47/h1-4,17-18,23-24,28H,5-16,19-20,38H2,(H,39,47)(H,40,46)/t24?,28-/m1/s1. The van der Waals surface area contributed by atoms with Crippen LogP contribution < -0.4 is 16.4 Å². The van der Waals surface area contributed by atoms with E-state index in [1.165, 1.54) is 6.07 Å². The van der Waals surface area contributed by atoms with Gasteiger partial charge in [-0.05, 0) is 55.0 Å². The summed E-state index contributed by atoms with van der Waals surface area (Å²) in [7, 11) is 0. The quantitative estimate of drug-likeness (QED) is 0.393. The molecule has 4 heterocycles. The maximum absolute atomic E-state index is 13.9. The lowest BCUT2D eigenvalue weighted by molar-refractivity contribution is -0.137. The van der Waals surface area contributed by atoms with Gasteiger partial charge in [0.05, 0.1) is 22.9 Å². The van der Waals surface area contributed by atoms with Crippen LogP contribution in [-0.2, 0) is 28.5 Å². The Morgan fingerprint density at radius 3 is 2.42 bits per heavy atom. The van der Waals surface area contributed by atoms with Crippen molar-refractivity contribution in [3.05, 3.63) is 58.1 Å². The van der Waals surface area contributed by atoms with Crippen molar-refractivity contribution >= 4 is 40.9 Å². The zero-order valence-corrected chi connectivity index (χ0v) is 27.4. The van der Waals surface area contributed by atoms with Gasteiger partial charge in [-0.2, -0.15) is 13.2 Å². The highest BCUT2D eigenvalue weighted by Gasteiger charge is 2.37. The summed E-state index contributed by atoms with van der Waals surface area (Å²) in [5, 5.41) is 5.55. The van der Waals surface area contributed by atoms with Crippen LogP contribution in [0.3, 0.4) is 0 Å². The molecule has 2 atom stereocenters. The molecule has 2 aromatic carbocycles. The highest BCUT2D eigenvalue weighted by atomic mass is 35.5. The fourth-order valence-electron chi connectivity index (χ4n) is 7.16. The lowest BCUT2D eigenvalue weighted by atomic mass is 10.00. The molecule has 4 N–H and O–H groups in total. The van der Waals surface area contributed by atoms with E-state index in [4.69, 9.17) is 22.1 Å². The molecular weight excluding hydrogens is 651 g/mol. The number of halogens is 4. The summed E-state index contributed by atoms with van der Waals surface area (Å²) >= 11 is 6.10. The summed E-state index contributed by atoms with van der Waals surface area (Å²) in [5.41, 5.74) is 5.98. The zero-order chi connectivity index (χ0) is 34.0. The van der Waals surface area contributed by atoms with Crippen LogP contribution >= 0.6 is 11.6 Å². The van der Waals surface area contributed by atoms with Crippen molar-refractivity contribution in [3.63, 3.8) is 0 Å². The molecule has 0 bridgehead atoms. The molecule has 4 aliphatic heterocycles. The van der Waals surface area contributed by atoms with Crippen molar-refractivity contribution in [3.8, 4) is 0 Å². The highest BCUT2D eigenvalue weighted by molar-refractivity contribution is 6.33. The number of benzene rings is 2. The van der Waals surface area contributed by atoms with Gasteiger partial charge >= 0.3 is 18.2 Å². The molecule has 0 spiro atoms. The lowest BCUT2D eigenvalue weighted by Gasteiger charge is -2.40. The molecule has 48 heavy (non-hydrogen) atoms. The van der Waals surface area contributed by atoms with Crippen molar-refractivity contribution in [2.24, 2.45) is 0 Å². The number of piperidine rings is 1. The minimum Gasteiger partial charge on any atom is -0.397 e. The molecule has 15 heteroatoms. The van der Waals surface area contributed by atoms with Crippen molar-refractivity contribution in [1.29, 1.82) is 0 Å². The van der Waals surface area contributed by atoms with Gasteiger partial charge in [0, 0.05) is 76.6 Å². The van der Waals surface area contributed by atoms with E-state index in [9.17, 15) is 27.6 Å². The van der Waals surface area contributed by atoms with Crippen LogP contribution in [0.25, 0.3) is 0 Å². The zero-order valence-electron chi connectivity index (χ0n) is 26.6. The topological polar surface area (TPSA) is 123 Å². The predicted molar refractivity (Wildman–Crippen MR) is 175 cm³/mol. The van der Waals surface area contributed by atoms with Crippen molar-refractivity contribution in [2.75, 3.05) is 70.1 Å². The average molecular weight is 692 g/mol. The Bertz CT molecular complexity index is 1510. The molecule has 4 aliphatic rings. The molecule has 260 valence electrons. The Hall–Kier alpha value is -3.75. The smallest absolute Gasteiger partial charge is 0.397 e. The van der Waals surface area contributed by atoms with Gasteiger partial charge < -0.3 is 35.8 Å². The molecule has 0 aromatic heterocycles. The maximum Gasteiger partial charge on any atom is 0.418 e. The van der Waals surface area contributed by atoms with Gasteiger partial charge in [-0.25, -0.2) is 9.59 Å². The monoisotopic (exact) mass is 691 g/mol. The molecule has 11 nitrogen and oxygen atoms in total. The second kappa shape index (κ2) is 14.4. The maximum atomic E-state index is 13.9. The number of nitrogens with two attached hydrogens (primary N) is 1. The first-order chi connectivity index (χ1) is 23.0. The predicted octanol–water partition coefficient (Wildman–Crippen LogP) is 4.05. The minimum atomic E-state index is -4.75. The normalized spacial score (nSPS) is 21.8. The molecule has 3 fully saturated rings. The van der Waals surface area contributed by atoms with Gasteiger partial charge in [0.15, 0.2) is 0 Å². The number of carbonyl (C=O) groups excluding carboxylic acids is 3. The largest absolute Gasteiger partial charge is 0.418 e. The van der Waals surface area contributed by atoms with Gasteiger partial charge in [-0.3, -0.25) is 9.69 Å². The number of urea groups is 2. The Morgan fingerprint density at radius 2 is 1.73 bits per heavy atom. The number of amides is 5. The first-order valence-electron chi connectivity index (χ1n) is 16.4. The van der Waals surface area contributed by atoms with Crippen molar-refractivity contribution in [2.45, 2.75) is 56.4 Å².